The van der Waals surface area contributed by atoms with Crippen LogP contribution in [0.1, 0.15) is 68.3 Å². The summed E-state index contributed by atoms with van der Waals surface area (Å²) >= 11 is 0. The smallest absolute Gasteiger partial charge is 0.343 e. The number of benzene rings is 1. The molecule has 3 heteroatoms. The summed E-state index contributed by atoms with van der Waals surface area (Å²) in [5, 5.41) is 10.6. The van der Waals surface area contributed by atoms with Gasteiger partial charge in [-0.2, -0.15) is 0 Å². The Bertz CT molecular complexity index is 709. The van der Waals surface area contributed by atoms with E-state index in [1.807, 2.05) is 30.3 Å². The first-order valence-electron chi connectivity index (χ1n) is 8.57. The average molecular weight is 312 g/mol. The Morgan fingerprint density at radius 3 is 2.35 bits per heavy atom. The molecule has 1 N–H and O–H groups in total. The first kappa shape index (κ1) is 15.9. The molecule has 0 spiro atoms. The summed E-state index contributed by atoms with van der Waals surface area (Å²) < 4.78 is 5.60. The van der Waals surface area contributed by atoms with Crippen molar-refractivity contribution in [2.75, 3.05) is 0 Å². The molecule has 3 nitrogen and oxygen atoms in total. The van der Waals surface area contributed by atoms with Crippen LogP contribution < -0.4 is 5.63 Å². The SMILES string of the molecule is CCC(CC)c1cc(O)c(C(c2ccccc2)C2CC2)c(=O)o1. The molecule has 1 aromatic carbocycles. The lowest BCUT2D eigenvalue weighted by Crippen LogP contribution is -2.17. The average Bonchev–Trinajstić information content (AvgIpc) is 3.37. The van der Waals surface area contributed by atoms with Crippen LogP contribution in [0, 0.1) is 5.92 Å². The predicted molar refractivity (Wildman–Crippen MR) is 91.0 cm³/mol. The third-order valence-corrected chi connectivity index (χ3v) is 4.94. The monoisotopic (exact) mass is 312 g/mol. The van der Waals surface area contributed by atoms with Gasteiger partial charge in [-0.05, 0) is 37.2 Å². The lowest BCUT2D eigenvalue weighted by atomic mass is 9.87. The van der Waals surface area contributed by atoms with Gasteiger partial charge in [-0.15, -0.1) is 0 Å². The fourth-order valence-electron chi connectivity index (χ4n) is 3.45. The molecule has 1 saturated carbocycles. The molecule has 1 unspecified atom stereocenters. The van der Waals surface area contributed by atoms with Crippen molar-refractivity contribution in [1.29, 1.82) is 0 Å². The first-order valence-corrected chi connectivity index (χ1v) is 8.57. The minimum Gasteiger partial charge on any atom is -0.507 e. The topological polar surface area (TPSA) is 50.4 Å². The second-order valence-electron chi connectivity index (χ2n) is 6.47. The van der Waals surface area contributed by atoms with Crippen molar-refractivity contribution < 1.29 is 9.52 Å². The highest BCUT2D eigenvalue weighted by Gasteiger charge is 2.37. The maximum Gasteiger partial charge on any atom is 0.343 e. The quantitative estimate of drug-likeness (QED) is 0.834. The second-order valence-corrected chi connectivity index (χ2v) is 6.47. The Kier molecular flexibility index (Phi) is 4.56. The third kappa shape index (κ3) is 3.19. The van der Waals surface area contributed by atoms with Gasteiger partial charge in [-0.25, -0.2) is 4.79 Å². The lowest BCUT2D eigenvalue weighted by Gasteiger charge is -2.19. The summed E-state index contributed by atoms with van der Waals surface area (Å²) in [5.74, 6) is 1.22. The molecule has 0 aliphatic heterocycles. The van der Waals surface area contributed by atoms with Gasteiger partial charge in [0.2, 0.25) is 0 Å². The van der Waals surface area contributed by atoms with Gasteiger partial charge < -0.3 is 9.52 Å². The van der Waals surface area contributed by atoms with Gasteiger partial charge in [0.25, 0.3) is 0 Å². The van der Waals surface area contributed by atoms with Crippen LogP contribution in [0.4, 0.5) is 0 Å². The summed E-state index contributed by atoms with van der Waals surface area (Å²) in [6.45, 7) is 4.13. The van der Waals surface area contributed by atoms with Gasteiger partial charge in [0.1, 0.15) is 11.5 Å². The van der Waals surface area contributed by atoms with Crippen LogP contribution in [-0.4, -0.2) is 5.11 Å². The van der Waals surface area contributed by atoms with E-state index < -0.39 is 0 Å². The van der Waals surface area contributed by atoms with Gasteiger partial charge >= 0.3 is 5.63 Å². The molecule has 1 atom stereocenters. The Morgan fingerprint density at radius 1 is 1.17 bits per heavy atom. The molecular weight excluding hydrogens is 288 g/mol. The van der Waals surface area contributed by atoms with Crippen molar-refractivity contribution in [3.63, 3.8) is 0 Å². The molecule has 23 heavy (non-hydrogen) atoms. The van der Waals surface area contributed by atoms with E-state index in [4.69, 9.17) is 4.42 Å². The lowest BCUT2D eigenvalue weighted by molar-refractivity contribution is 0.377. The fourth-order valence-corrected chi connectivity index (χ4v) is 3.45. The van der Waals surface area contributed by atoms with Crippen LogP contribution in [0.2, 0.25) is 0 Å². The molecule has 0 bridgehead atoms. The Hall–Kier alpha value is -2.03. The molecule has 0 radical (unpaired) electrons. The van der Waals surface area contributed by atoms with Crippen LogP contribution in [0.3, 0.4) is 0 Å². The van der Waals surface area contributed by atoms with Crippen LogP contribution >= 0.6 is 0 Å². The van der Waals surface area contributed by atoms with E-state index in [-0.39, 0.29) is 23.2 Å². The van der Waals surface area contributed by atoms with Crippen LogP contribution in [0.5, 0.6) is 5.75 Å². The highest BCUT2D eigenvalue weighted by molar-refractivity contribution is 5.41. The largest absolute Gasteiger partial charge is 0.507 e. The van der Waals surface area contributed by atoms with E-state index in [1.54, 1.807) is 6.07 Å². The zero-order valence-corrected chi connectivity index (χ0v) is 13.8. The zero-order chi connectivity index (χ0) is 16.4. The van der Waals surface area contributed by atoms with Gasteiger partial charge in [0.05, 0.1) is 5.56 Å². The molecule has 122 valence electrons. The van der Waals surface area contributed by atoms with Gasteiger partial charge in [-0.3, -0.25) is 0 Å². The van der Waals surface area contributed by atoms with E-state index in [1.165, 1.54) is 0 Å². The number of hydrogen-bond donors (Lipinski definition) is 1. The summed E-state index contributed by atoms with van der Waals surface area (Å²) in [4.78, 5) is 12.6. The molecule has 1 aromatic heterocycles. The van der Waals surface area contributed by atoms with Crippen molar-refractivity contribution >= 4 is 0 Å². The van der Waals surface area contributed by atoms with Crippen molar-refractivity contribution in [3.8, 4) is 5.75 Å². The van der Waals surface area contributed by atoms with Gasteiger partial charge in [0.15, 0.2) is 0 Å². The standard InChI is InChI=1S/C20H24O3/c1-3-13(4-2)17-12-16(21)19(20(22)23-17)18(15-10-11-15)14-8-6-5-7-9-14/h5-9,12-13,15,18,21H,3-4,10-11H2,1-2H3. The normalized spacial score (nSPS) is 15.8. The van der Waals surface area contributed by atoms with Crippen molar-refractivity contribution in [2.24, 2.45) is 5.92 Å². The molecule has 1 aliphatic rings. The van der Waals surface area contributed by atoms with E-state index >= 15 is 0 Å². The number of aromatic hydroxyl groups is 1. The maximum atomic E-state index is 12.6. The molecule has 3 rings (SSSR count). The minimum absolute atomic E-state index is 0.0665. The van der Waals surface area contributed by atoms with Crippen molar-refractivity contribution in [1.82, 2.24) is 0 Å². The molecule has 0 saturated heterocycles. The Morgan fingerprint density at radius 2 is 1.83 bits per heavy atom. The predicted octanol–water partition coefficient (Wildman–Crippen LogP) is 4.79. The zero-order valence-electron chi connectivity index (χ0n) is 13.8. The van der Waals surface area contributed by atoms with Crippen LogP contribution in [0.15, 0.2) is 45.6 Å². The molecule has 1 aliphatic carbocycles. The van der Waals surface area contributed by atoms with Crippen molar-refractivity contribution in [3.05, 3.63) is 63.7 Å². The number of rotatable bonds is 6. The summed E-state index contributed by atoms with van der Waals surface area (Å²) in [6, 6.07) is 11.6. The fraction of sp³-hybridized carbons (Fsp3) is 0.450. The summed E-state index contributed by atoms with van der Waals surface area (Å²) in [7, 11) is 0. The van der Waals surface area contributed by atoms with Crippen LogP contribution in [-0.2, 0) is 0 Å². The summed E-state index contributed by atoms with van der Waals surface area (Å²) in [6.07, 6.45) is 3.96. The Labute approximate surface area is 137 Å². The minimum atomic E-state index is -0.382. The van der Waals surface area contributed by atoms with Crippen LogP contribution in [0.25, 0.3) is 0 Å². The van der Waals surface area contributed by atoms with E-state index in [0.29, 0.717) is 17.2 Å². The van der Waals surface area contributed by atoms with E-state index in [2.05, 4.69) is 13.8 Å². The molecular formula is C20H24O3. The third-order valence-electron chi connectivity index (χ3n) is 4.94. The highest BCUT2D eigenvalue weighted by Crippen LogP contribution is 2.47. The molecule has 1 heterocycles. The molecule has 1 fully saturated rings. The Balaban J connectivity index is 2.06. The van der Waals surface area contributed by atoms with E-state index in [0.717, 1.165) is 31.2 Å². The summed E-state index contributed by atoms with van der Waals surface area (Å²) in [5.41, 5.74) is 1.12. The van der Waals surface area contributed by atoms with Gasteiger partial charge in [-0.1, -0.05) is 44.2 Å². The second kappa shape index (κ2) is 6.61. The molecule has 2 aromatic rings. The molecule has 0 amide bonds. The maximum absolute atomic E-state index is 12.6. The van der Waals surface area contributed by atoms with Crippen molar-refractivity contribution in [2.45, 2.75) is 51.4 Å². The van der Waals surface area contributed by atoms with Gasteiger partial charge in [0, 0.05) is 17.9 Å². The number of hydrogen-bond acceptors (Lipinski definition) is 3. The highest BCUT2D eigenvalue weighted by atomic mass is 16.4. The first-order chi connectivity index (χ1) is 11.2. The van der Waals surface area contributed by atoms with E-state index in [9.17, 15) is 9.90 Å².